The number of hydrogen-bond acceptors (Lipinski definition) is 5. The Labute approximate surface area is 99.1 Å². The number of carbonyl (C=O) groups is 1. The summed E-state index contributed by atoms with van der Waals surface area (Å²) in [6.45, 7) is 5.42. The van der Waals surface area contributed by atoms with Crippen molar-refractivity contribution in [1.82, 2.24) is 9.78 Å². The Morgan fingerprint density at radius 3 is 2.81 bits per heavy atom. The second-order valence-electron chi connectivity index (χ2n) is 4.13. The fourth-order valence-corrected chi connectivity index (χ4v) is 1.15. The minimum absolute atomic E-state index is 0.417. The number of hydrogen-bond donors (Lipinski definition) is 0. The molecule has 0 radical (unpaired) electrons. The molecule has 6 heteroatoms. The van der Waals surface area contributed by atoms with Crippen LogP contribution in [0.2, 0.25) is 0 Å². The van der Waals surface area contributed by atoms with Gasteiger partial charge in [-0.1, -0.05) is 0 Å². The monoisotopic (exact) mass is 244 g/mol. The number of aromatic nitrogens is 2. The van der Waals surface area contributed by atoms with Gasteiger partial charge in [-0.2, -0.15) is 4.68 Å². The summed E-state index contributed by atoms with van der Waals surface area (Å²) < 4.78 is 11.5. The van der Waals surface area contributed by atoms with Crippen LogP contribution in [0.3, 0.4) is 0 Å². The summed E-state index contributed by atoms with van der Waals surface area (Å²) >= 11 is 1.54. The normalized spacial score (nSPS) is 11.2. The van der Waals surface area contributed by atoms with Gasteiger partial charge in [-0.15, -0.1) is 16.9 Å². The van der Waals surface area contributed by atoms with Gasteiger partial charge < -0.3 is 9.47 Å². The van der Waals surface area contributed by atoms with Gasteiger partial charge in [0.05, 0.1) is 0 Å². The Morgan fingerprint density at radius 1 is 1.56 bits per heavy atom. The van der Waals surface area contributed by atoms with E-state index < -0.39 is 11.7 Å². The lowest BCUT2D eigenvalue weighted by Gasteiger charge is -2.18. The molecule has 0 bridgehead atoms. The highest BCUT2D eigenvalue weighted by molar-refractivity contribution is 7.98. The molecule has 1 aromatic heterocycles. The van der Waals surface area contributed by atoms with Gasteiger partial charge in [0.25, 0.3) is 0 Å². The largest absolute Gasteiger partial charge is 0.466 e. The Balaban J connectivity index is 2.60. The zero-order valence-corrected chi connectivity index (χ0v) is 10.7. The van der Waals surface area contributed by atoms with E-state index in [2.05, 4.69) is 5.10 Å². The molecule has 0 saturated carbocycles. The van der Waals surface area contributed by atoms with Crippen molar-refractivity contribution in [3.63, 3.8) is 0 Å². The van der Waals surface area contributed by atoms with Crippen molar-refractivity contribution in [2.45, 2.75) is 26.4 Å². The van der Waals surface area contributed by atoms with Crippen molar-refractivity contribution in [3.8, 4) is 5.88 Å². The number of nitrogens with zero attached hydrogens (tertiary/aromatic N) is 2. The zero-order chi connectivity index (χ0) is 12.2. The molecular weight excluding hydrogens is 228 g/mol. The minimum Gasteiger partial charge on any atom is -0.466 e. The first-order valence-corrected chi connectivity index (χ1v) is 6.22. The van der Waals surface area contributed by atoms with Crippen LogP contribution in [0.1, 0.15) is 20.8 Å². The molecule has 1 rings (SSSR count). The summed E-state index contributed by atoms with van der Waals surface area (Å²) in [6.07, 6.45) is 2.93. The molecule has 1 aromatic rings. The van der Waals surface area contributed by atoms with E-state index in [1.165, 1.54) is 18.0 Å². The van der Waals surface area contributed by atoms with E-state index in [0.717, 1.165) is 4.68 Å². The Bertz CT molecular complexity index is 357. The molecule has 5 nitrogen and oxygen atoms in total. The first kappa shape index (κ1) is 12.9. The van der Waals surface area contributed by atoms with E-state index in [9.17, 15) is 4.79 Å². The van der Waals surface area contributed by atoms with Gasteiger partial charge in [0.1, 0.15) is 11.5 Å². The van der Waals surface area contributed by atoms with E-state index in [0.29, 0.717) is 11.8 Å². The molecule has 0 spiro atoms. The van der Waals surface area contributed by atoms with Gasteiger partial charge in [-0.25, -0.2) is 4.79 Å². The van der Waals surface area contributed by atoms with E-state index in [4.69, 9.17) is 9.47 Å². The Morgan fingerprint density at radius 2 is 2.25 bits per heavy atom. The molecule has 0 aliphatic carbocycles. The third-order valence-corrected chi connectivity index (χ3v) is 1.82. The number of rotatable bonds is 3. The average Bonchev–Trinajstić information content (AvgIpc) is 2.60. The predicted molar refractivity (Wildman–Crippen MR) is 62.9 cm³/mol. The van der Waals surface area contributed by atoms with Crippen LogP contribution < -0.4 is 4.74 Å². The summed E-state index contributed by atoms with van der Waals surface area (Å²) in [4.78, 5) is 11.6. The molecule has 0 unspecified atom stereocenters. The lowest BCUT2D eigenvalue weighted by Crippen LogP contribution is -2.27. The van der Waals surface area contributed by atoms with E-state index in [-0.39, 0.29) is 0 Å². The fraction of sp³-hybridized carbons (Fsp3) is 0.600. The molecule has 0 N–H and O–H groups in total. The molecule has 16 heavy (non-hydrogen) atoms. The highest BCUT2D eigenvalue weighted by Crippen LogP contribution is 2.11. The van der Waals surface area contributed by atoms with Gasteiger partial charge >= 0.3 is 6.09 Å². The number of thioether (sulfide) groups is 1. The maximum Gasteiger partial charge on any atom is 0.435 e. The summed E-state index contributed by atoms with van der Waals surface area (Å²) in [5, 5.41) is 3.94. The van der Waals surface area contributed by atoms with Gasteiger partial charge in [0.15, 0.2) is 0 Å². The Hall–Kier alpha value is -1.17. The van der Waals surface area contributed by atoms with Crippen molar-refractivity contribution in [2.75, 3.05) is 12.2 Å². The highest BCUT2D eigenvalue weighted by atomic mass is 32.2. The highest BCUT2D eigenvalue weighted by Gasteiger charge is 2.18. The lowest BCUT2D eigenvalue weighted by molar-refractivity contribution is 0.0512. The van der Waals surface area contributed by atoms with E-state index >= 15 is 0 Å². The zero-order valence-electron chi connectivity index (χ0n) is 9.89. The first-order valence-electron chi connectivity index (χ1n) is 4.83. The molecule has 0 aliphatic heterocycles. The summed E-state index contributed by atoms with van der Waals surface area (Å²) in [5.74, 6) is 0.922. The van der Waals surface area contributed by atoms with Gasteiger partial charge in [0.2, 0.25) is 5.88 Å². The van der Waals surface area contributed by atoms with E-state index in [1.54, 1.807) is 26.8 Å². The van der Waals surface area contributed by atoms with Crippen LogP contribution in [-0.4, -0.2) is 33.7 Å². The maximum absolute atomic E-state index is 11.6. The molecule has 0 amide bonds. The molecule has 0 aliphatic rings. The predicted octanol–water partition coefficient (Wildman–Crippen LogP) is 2.37. The average molecular weight is 244 g/mol. The molecule has 0 atom stereocenters. The van der Waals surface area contributed by atoms with E-state index in [1.807, 2.05) is 6.26 Å². The second kappa shape index (κ2) is 5.25. The number of ether oxygens (including phenoxy) is 2. The van der Waals surface area contributed by atoms with Gasteiger partial charge in [-0.05, 0) is 27.0 Å². The summed E-state index contributed by atoms with van der Waals surface area (Å²) in [5.41, 5.74) is -0.524. The molecule has 0 aromatic carbocycles. The van der Waals surface area contributed by atoms with Gasteiger partial charge in [0, 0.05) is 12.3 Å². The molecular formula is C10H16N2O3S. The molecule has 90 valence electrons. The smallest absolute Gasteiger partial charge is 0.435 e. The minimum atomic E-state index is -0.524. The standard InChI is InChI=1S/C10H16N2O3S/c1-10(2,3)15-9(13)12-6-5-8(11-12)14-7-16-4/h5-6H,7H2,1-4H3. The van der Waals surface area contributed by atoms with Crippen LogP contribution in [0.4, 0.5) is 4.79 Å². The first-order chi connectivity index (χ1) is 7.42. The molecule has 0 fully saturated rings. The SMILES string of the molecule is CSCOc1ccn(C(=O)OC(C)(C)C)n1. The van der Waals surface area contributed by atoms with Crippen molar-refractivity contribution in [2.24, 2.45) is 0 Å². The van der Waals surface area contributed by atoms with Crippen LogP contribution in [0.5, 0.6) is 5.88 Å². The van der Waals surface area contributed by atoms with Crippen LogP contribution in [0, 0.1) is 0 Å². The lowest BCUT2D eigenvalue weighted by atomic mass is 10.2. The van der Waals surface area contributed by atoms with Crippen molar-refractivity contribution >= 4 is 17.9 Å². The summed E-state index contributed by atoms with van der Waals surface area (Å²) in [6, 6.07) is 1.63. The topological polar surface area (TPSA) is 53.4 Å². The van der Waals surface area contributed by atoms with Crippen LogP contribution in [0.15, 0.2) is 12.3 Å². The summed E-state index contributed by atoms with van der Waals surface area (Å²) in [7, 11) is 0. The molecule has 0 saturated heterocycles. The van der Waals surface area contributed by atoms with Crippen LogP contribution in [-0.2, 0) is 4.74 Å². The fourth-order valence-electron chi connectivity index (χ4n) is 0.914. The maximum atomic E-state index is 11.6. The third-order valence-electron chi connectivity index (χ3n) is 1.47. The van der Waals surface area contributed by atoms with Crippen LogP contribution >= 0.6 is 11.8 Å². The third kappa shape index (κ3) is 4.14. The quantitative estimate of drug-likeness (QED) is 0.764. The second-order valence-corrected chi connectivity index (χ2v) is 4.94. The van der Waals surface area contributed by atoms with Crippen LogP contribution in [0.25, 0.3) is 0 Å². The van der Waals surface area contributed by atoms with Crippen molar-refractivity contribution in [3.05, 3.63) is 12.3 Å². The van der Waals surface area contributed by atoms with Crippen molar-refractivity contribution < 1.29 is 14.3 Å². The van der Waals surface area contributed by atoms with Crippen molar-refractivity contribution in [1.29, 1.82) is 0 Å². The molecule has 1 heterocycles. The van der Waals surface area contributed by atoms with Gasteiger partial charge in [-0.3, -0.25) is 0 Å². The number of carbonyl (C=O) groups excluding carboxylic acids is 1. The Kier molecular flexibility index (Phi) is 4.23.